The first-order valence-electron chi connectivity index (χ1n) is 7.02. The van der Waals surface area contributed by atoms with Gasteiger partial charge in [-0.25, -0.2) is 4.98 Å². The van der Waals surface area contributed by atoms with E-state index in [9.17, 15) is 4.79 Å². The summed E-state index contributed by atoms with van der Waals surface area (Å²) in [6.07, 6.45) is 4.75. The minimum absolute atomic E-state index is 0.0636. The highest BCUT2D eigenvalue weighted by Crippen LogP contribution is 2.13. The lowest BCUT2D eigenvalue weighted by Gasteiger charge is -2.06. The Morgan fingerprint density at radius 3 is 2.89 bits per heavy atom. The third-order valence-corrected chi connectivity index (χ3v) is 3.70. The first-order chi connectivity index (χ1) is 9.11. The summed E-state index contributed by atoms with van der Waals surface area (Å²) in [5.41, 5.74) is 6.35. The molecule has 0 fully saturated rings. The molecular formula is C14H25N3OS. The Labute approximate surface area is 119 Å². The standard InChI is InChI=1S/C14H25N3OS/c1-11(2)9-16-13(18)8-12-10-19-14(17-12)6-4-3-5-7-15/h10-11H,3-9,15H2,1-2H3,(H,16,18). The van der Waals surface area contributed by atoms with Crippen LogP contribution in [-0.4, -0.2) is 24.0 Å². The lowest BCUT2D eigenvalue weighted by molar-refractivity contribution is -0.120. The smallest absolute Gasteiger partial charge is 0.226 e. The molecule has 0 unspecified atom stereocenters. The summed E-state index contributed by atoms with van der Waals surface area (Å²) >= 11 is 1.65. The van der Waals surface area contributed by atoms with Crippen LogP contribution in [0.25, 0.3) is 0 Å². The zero-order valence-corrected chi connectivity index (χ0v) is 12.8. The molecule has 1 aromatic heterocycles. The van der Waals surface area contributed by atoms with Gasteiger partial charge in [-0.1, -0.05) is 20.3 Å². The van der Waals surface area contributed by atoms with Crippen LogP contribution in [0.1, 0.15) is 43.8 Å². The molecule has 3 N–H and O–H groups in total. The zero-order valence-electron chi connectivity index (χ0n) is 11.9. The van der Waals surface area contributed by atoms with Crippen molar-refractivity contribution >= 4 is 17.2 Å². The van der Waals surface area contributed by atoms with Crippen molar-refractivity contribution in [2.75, 3.05) is 13.1 Å². The van der Waals surface area contributed by atoms with Crippen molar-refractivity contribution in [2.45, 2.75) is 46.0 Å². The summed E-state index contributed by atoms with van der Waals surface area (Å²) < 4.78 is 0. The number of aromatic nitrogens is 1. The van der Waals surface area contributed by atoms with Gasteiger partial charge in [0.05, 0.1) is 17.1 Å². The van der Waals surface area contributed by atoms with Crippen molar-refractivity contribution in [2.24, 2.45) is 11.7 Å². The third-order valence-electron chi connectivity index (χ3n) is 2.74. The van der Waals surface area contributed by atoms with Crippen LogP contribution in [0.4, 0.5) is 0 Å². The van der Waals surface area contributed by atoms with Crippen molar-refractivity contribution in [3.05, 3.63) is 16.1 Å². The summed E-state index contributed by atoms with van der Waals surface area (Å²) in [7, 11) is 0. The number of hydrogen-bond acceptors (Lipinski definition) is 4. The van der Waals surface area contributed by atoms with Crippen molar-refractivity contribution in [3.8, 4) is 0 Å². The van der Waals surface area contributed by atoms with E-state index in [4.69, 9.17) is 5.73 Å². The fourth-order valence-corrected chi connectivity index (χ4v) is 2.53. The van der Waals surface area contributed by atoms with Crippen molar-refractivity contribution in [3.63, 3.8) is 0 Å². The molecule has 0 saturated heterocycles. The van der Waals surface area contributed by atoms with E-state index in [0.717, 1.165) is 49.5 Å². The van der Waals surface area contributed by atoms with Gasteiger partial charge in [0.1, 0.15) is 0 Å². The summed E-state index contributed by atoms with van der Waals surface area (Å²) in [5.74, 6) is 0.547. The molecule has 0 saturated carbocycles. The van der Waals surface area contributed by atoms with Crippen LogP contribution >= 0.6 is 11.3 Å². The number of nitrogens with zero attached hydrogens (tertiary/aromatic N) is 1. The number of carbonyl (C=O) groups is 1. The second-order valence-electron chi connectivity index (χ2n) is 5.21. The van der Waals surface area contributed by atoms with E-state index >= 15 is 0 Å². The Kier molecular flexibility index (Phi) is 7.67. The second kappa shape index (κ2) is 9.04. The molecule has 108 valence electrons. The highest BCUT2D eigenvalue weighted by atomic mass is 32.1. The van der Waals surface area contributed by atoms with Crippen LogP contribution in [-0.2, 0) is 17.6 Å². The molecule has 19 heavy (non-hydrogen) atoms. The van der Waals surface area contributed by atoms with Gasteiger partial charge in [0.25, 0.3) is 0 Å². The average Bonchev–Trinajstić information content (AvgIpc) is 2.80. The van der Waals surface area contributed by atoms with Crippen molar-refractivity contribution in [1.29, 1.82) is 0 Å². The average molecular weight is 283 g/mol. The molecule has 0 aliphatic carbocycles. The number of hydrogen-bond donors (Lipinski definition) is 2. The number of nitrogens with two attached hydrogens (primary N) is 1. The lowest BCUT2D eigenvalue weighted by Crippen LogP contribution is -2.28. The number of thiazole rings is 1. The maximum absolute atomic E-state index is 11.7. The highest BCUT2D eigenvalue weighted by Gasteiger charge is 2.08. The molecule has 0 atom stereocenters. The number of carbonyl (C=O) groups excluding carboxylic acids is 1. The molecule has 1 heterocycles. The fourth-order valence-electron chi connectivity index (χ4n) is 1.69. The number of unbranched alkanes of at least 4 members (excludes halogenated alkanes) is 2. The van der Waals surface area contributed by atoms with Gasteiger partial charge < -0.3 is 11.1 Å². The van der Waals surface area contributed by atoms with Crippen LogP contribution in [0.3, 0.4) is 0 Å². The fraction of sp³-hybridized carbons (Fsp3) is 0.714. The SMILES string of the molecule is CC(C)CNC(=O)Cc1csc(CCCCCN)n1. The Morgan fingerprint density at radius 2 is 2.21 bits per heavy atom. The first kappa shape index (κ1) is 16.1. The van der Waals surface area contributed by atoms with Crippen molar-refractivity contribution in [1.82, 2.24) is 10.3 Å². The van der Waals surface area contributed by atoms with E-state index in [1.165, 1.54) is 0 Å². The Balaban J connectivity index is 2.27. The molecule has 0 aromatic carbocycles. The monoisotopic (exact) mass is 283 g/mol. The minimum atomic E-state index is 0.0636. The third kappa shape index (κ3) is 7.28. The second-order valence-corrected chi connectivity index (χ2v) is 6.15. The Bertz CT molecular complexity index is 377. The molecule has 4 nitrogen and oxygen atoms in total. The molecule has 1 aromatic rings. The molecule has 0 spiro atoms. The predicted molar refractivity (Wildman–Crippen MR) is 80.3 cm³/mol. The number of aryl methyl sites for hydroxylation is 1. The van der Waals surface area contributed by atoms with Crippen LogP contribution in [0.5, 0.6) is 0 Å². The Hall–Kier alpha value is -0.940. The van der Waals surface area contributed by atoms with Gasteiger partial charge in [-0.05, 0) is 31.7 Å². The lowest BCUT2D eigenvalue weighted by atomic mass is 10.2. The van der Waals surface area contributed by atoms with Gasteiger partial charge in [0.2, 0.25) is 5.91 Å². The molecule has 0 bridgehead atoms. The molecule has 0 aliphatic rings. The number of rotatable bonds is 9. The van der Waals surface area contributed by atoms with Crippen LogP contribution in [0, 0.1) is 5.92 Å². The first-order valence-corrected chi connectivity index (χ1v) is 7.89. The van der Waals surface area contributed by atoms with Gasteiger partial charge in [0.15, 0.2) is 0 Å². The molecule has 0 radical (unpaired) electrons. The molecule has 0 aliphatic heterocycles. The van der Waals surface area contributed by atoms with Crippen molar-refractivity contribution < 1.29 is 4.79 Å². The minimum Gasteiger partial charge on any atom is -0.356 e. The van der Waals surface area contributed by atoms with E-state index in [1.54, 1.807) is 11.3 Å². The number of amides is 1. The summed E-state index contributed by atoms with van der Waals surface area (Å²) in [6, 6.07) is 0. The van der Waals surface area contributed by atoms with Gasteiger partial charge in [-0.15, -0.1) is 11.3 Å². The topological polar surface area (TPSA) is 68.0 Å². The van der Waals surface area contributed by atoms with Gasteiger partial charge in [-0.2, -0.15) is 0 Å². The maximum Gasteiger partial charge on any atom is 0.226 e. The molecular weight excluding hydrogens is 258 g/mol. The van der Waals surface area contributed by atoms with E-state index in [2.05, 4.69) is 24.1 Å². The van der Waals surface area contributed by atoms with E-state index in [-0.39, 0.29) is 5.91 Å². The number of nitrogens with one attached hydrogen (secondary N) is 1. The highest BCUT2D eigenvalue weighted by molar-refractivity contribution is 7.09. The van der Waals surface area contributed by atoms with E-state index < -0.39 is 0 Å². The quantitative estimate of drug-likeness (QED) is 0.682. The predicted octanol–water partition coefficient (Wildman–Crippen LogP) is 2.13. The van der Waals surface area contributed by atoms with Gasteiger partial charge >= 0.3 is 0 Å². The van der Waals surface area contributed by atoms with Gasteiger partial charge in [0, 0.05) is 11.9 Å². The van der Waals surface area contributed by atoms with Crippen LogP contribution in [0.2, 0.25) is 0 Å². The Morgan fingerprint density at radius 1 is 1.42 bits per heavy atom. The van der Waals surface area contributed by atoms with E-state index in [1.807, 2.05) is 5.38 Å². The summed E-state index contributed by atoms with van der Waals surface area (Å²) in [6.45, 7) is 5.67. The summed E-state index contributed by atoms with van der Waals surface area (Å²) in [4.78, 5) is 16.2. The maximum atomic E-state index is 11.7. The van der Waals surface area contributed by atoms with Gasteiger partial charge in [-0.3, -0.25) is 4.79 Å². The summed E-state index contributed by atoms with van der Waals surface area (Å²) in [5, 5.41) is 6.03. The molecule has 5 heteroatoms. The van der Waals surface area contributed by atoms with Crippen LogP contribution in [0.15, 0.2) is 5.38 Å². The van der Waals surface area contributed by atoms with Crippen LogP contribution < -0.4 is 11.1 Å². The largest absolute Gasteiger partial charge is 0.356 e. The molecule has 1 amide bonds. The molecule has 1 rings (SSSR count). The normalized spacial score (nSPS) is 10.9. The van der Waals surface area contributed by atoms with E-state index in [0.29, 0.717) is 12.3 Å². The zero-order chi connectivity index (χ0) is 14.1.